The lowest BCUT2D eigenvalue weighted by atomic mass is 9.83. The van der Waals surface area contributed by atoms with Crippen LogP contribution in [-0.4, -0.2) is 34.8 Å². The van der Waals surface area contributed by atoms with E-state index in [1.54, 1.807) is 0 Å². The van der Waals surface area contributed by atoms with Crippen molar-refractivity contribution in [3.63, 3.8) is 0 Å². The van der Waals surface area contributed by atoms with E-state index in [1.165, 1.54) is 0 Å². The van der Waals surface area contributed by atoms with Gasteiger partial charge < -0.3 is 9.83 Å². The summed E-state index contributed by atoms with van der Waals surface area (Å²) in [6.45, 7) is 3.87. The van der Waals surface area contributed by atoms with Crippen molar-refractivity contribution in [1.82, 2.24) is 4.81 Å². The van der Waals surface area contributed by atoms with Gasteiger partial charge in [0.25, 0.3) is 0 Å². The molecule has 0 aromatic carbocycles. The van der Waals surface area contributed by atoms with Crippen molar-refractivity contribution in [2.45, 2.75) is 24.5 Å². The average molecular weight is 206 g/mol. The number of halogens is 1. The molecule has 0 aliphatic carbocycles. The number of nitrogens with zero attached hydrogens (tertiary/aromatic N) is 1. The predicted molar refractivity (Wildman–Crippen MR) is 47.4 cm³/mol. The molecule has 1 aliphatic heterocycles. The van der Waals surface area contributed by atoms with Crippen molar-refractivity contribution in [2.24, 2.45) is 0 Å². The van der Waals surface area contributed by atoms with Crippen LogP contribution in [-0.2, 0) is 0 Å². The zero-order chi connectivity index (χ0) is 7.56. The first-order valence-corrected chi connectivity index (χ1v) is 4.68. The predicted octanol–water partition coefficient (Wildman–Crippen LogP) is 0.956. The van der Waals surface area contributed by atoms with Crippen LogP contribution in [0.4, 0.5) is 0 Å². The smallest absolute Gasteiger partial charge is 0.376 e. The zero-order valence-electron chi connectivity index (χ0n) is 6.26. The highest BCUT2D eigenvalue weighted by Crippen LogP contribution is 2.17. The molecule has 0 aromatic heterocycles. The highest BCUT2D eigenvalue weighted by molar-refractivity contribution is 9.09. The molecule has 0 saturated carbocycles. The molecule has 0 spiro atoms. The van der Waals surface area contributed by atoms with Crippen molar-refractivity contribution in [1.29, 1.82) is 0 Å². The second kappa shape index (κ2) is 3.74. The average Bonchev–Trinajstić information content (AvgIpc) is 1.88. The van der Waals surface area contributed by atoms with E-state index in [1.807, 2.05) is 6.82 Å². The van der Waals surface area contributed by atoms with E-state index in [9.17, 15) is 5.02 Å². The molecule has 58 valence electrons. The lowest BCUT2D eigenvalue weighted by molar-refractivity contribution is 0.318. The van der Waals surface area contributed by atoms with E-state index in [2.05, 4.69) is 20.7 Å². The summed E-state index contributed by atoms with van der Waals surface area (Å²) < 4.78 is 0. The first-order chi connectivity index (χ1) is 4.70. The Morgan fingerprint density at radius 3 is 2.40 bits per heavy atom. The Labute approximate surface area is 70.9 Å². The van der Waals surface area contributed by atoms with Crippen molar-refractivity contribution < 1.29 is 5.02 Å². The van der Waals surface area contributed by atoms with Crippen LogP contribution in [0.1, 0.15) is 12.8 Å². The van der Waals surface area contributed by atoms with E-state index in [0.29, 0.717) is 4.83 Å². The van der Waals surface area contributed by atoms with Crippen LogP contribution < -0.4 is 0 Å². The summed E-state index contributed by atoms with van der Waals surface area (Å²) in [6, 6.07) is 0. The van der Waals surface area contributed by atoms with E-state index in [4.69, 9.17) is 0 Å². The molecule has 1 rings (SSSR count). The van der Waals surface area contributed by atoms with Crippen LogP contribution in [0.5, 0.6) is 0 Å². The van der Waals surface area contributed by atoms with Gasteiger partial charge in [-0.2, -0.15) is 0 Å². The van der Waals surface area contributed by atoms with E-state index in [-0.39, 0.29) is 7.05 Å². The summed E-state index contributed by atoms with van der Waals surface area (Å²) >= 11 is 3.56. The molecule has 2 nitrogen and oxygen atoms in total. The van der Waals surface area contributed by atoms with Crippen molar-refractivity contribution in [2.75, 3.05) is 13.1 Å². The Hall–Kier alpha value is 0.465. The van der Waals surface area contributed by atoms with Gasteiger partial charge in [-0.05, 0) is 32.8 Å². The van der Waals surface area contributed by atoms with Gasteiger partial charge >= 0.3 is 7.05 Å². The van der Waals surface area contributed by atoms with Gasteiger partial charge in [0, 0.05) is 4.83 Å². The molecule has 1 aliphatic rings. The second-order valence-electron chi connectivity index (χ2n) is 2.84. The quantitative estimate of drug-likeness (QED) is 0.510. The molecule has 0 bridgehead atoms. The van der Waals surface area contributed by atoms with Crippen LogP contribution in [0.25, 0.3) is 0 Å². The third-order valence-corrected chi connectivity index (χ3v) is 2.90. The Balaban J connectivity index is 2.26. The molecule has 0 atom stereocenters. The van der Waals surface area contributed by atoms with Crippen LogP contribution in [0.3, 0.4) is 0 Å². The lowest BCUT2D eigenvalue weighted by Crippen LogP contribution is -2.43. The first kappa shape index (κ1) is 8.56. The van der Waals surface area contributed by atoms with Crippen LogP contribution in [0, 0.1) is 0 Å². The lowest BCUT2D eigenvalue weighted by Gasteiger charge is -2.29. The standard InChI is InChI=1S/C6H13BBrNO/c1-7(10)9-4-2-6(8)3-5-9/h6,10H,2-5H2,1H3. The summed E-state index contributed by atoms with van der Waals surface area (Å²) in [5.74, 6) is 0. The number of hydrogen-bond donors (Lipinski definition) is 1. The molecule has 1 fully saturated rings. The fourth-order valence-electron chi connectivity index (χ4n) is 1.24. The summed E-state index contributed by atoms with van der Waals surface area (Å²) in [4.78, 5) is 2.76. The minimum Gasteiger partial charge on any atom is -0.437 e. The maximum atomic E-state index is 9.17. The summed E-state index contributed by atoms with van der Waals surface area (Å²) in [7, 11) is -0.264. The van der Waals surface area contributed by atoms with Gasteiger partial charge in [0.05, 0.1) is 0 Å². The van der Waals surface area contributed by atoms with Crippen LogP contribution in [0.15, 0.2) is 0 Å². The highest BCUT2D eigenvalue weighted by atomic mass is 79.9. The molecule has 1 saturated heterocycles. The molecular formula is C6H13BBrNO. The molecule has 0 unspecified atom stereocenters. The Morgan fingerprint density at radius 1 is 1.50 bits per heavy atom. The normalized spacial score (nSPS) is 23.1. The summed E-state index contributed by atoms with van der Waals surface area (Å²) in [5.41, 5.74) is 0. The van der Waals surface area contributed by atoms with Gasteiger partial charge in [0.1, 0.15) is 0 Å². The van der Waals surface area contributed by atoms with Crippen LogP contribution in [0.2, 0.25) is 6.82 Å². The third-order valence-electron chi connectivity index (χ3n) is 1.99. The van der Waals surface area contributed by atoms with Gasteiger partial charge in [-0.15, -0.1) is 0 Å². The largest absolute Gasteiger partial charge is 0.437 e. The monoisotopic (exact) mass is 205 g/mol. The van der Waals surface area contributed by atoms with Crippen molar-refractivity contribution in [3.05, 3.63) is 0 Å². The molecule has 1 N–H and O–H groups in total. The van der Waals surface area contributed by atoms with Crippen molar-refractivity contribution >= 4 is 23.0 Å². The minimum atomic E-state index is -0.264. The molecular weight excluding hydrogens is 193 g/mol. The zero-order valence-corrected chi connectivity index (χ0v) is 7.84. The number of piperidine rings is 1. The maximum Gasteiger partial charge on any atom is 0.376 e. The van der Waals surface area contributed by atoms with E-state index in [0.717, 1.165) is 25.9 Å². The SMILES string of the molecule is CB(O)N1CCC(Br)CC1. The number of hydrogen-bond acceptors (Lipinski definition) is 2. The van der Waals surface area contributed by atoms with E-state index < -0.39 is 0 Å². The van der Waals surface area contributed by atoms with Crippen molar-refractivity contribution in [3.8, 4) is 0 Å². The molecule has 0 radical (unpaired) electrons. The second-order valence-corrected chi connectivity index (χ2v) is 4.14. The van der Waals surface area contributed by atoms with Crippen LogP contribution >= 0.6 is 15.9 Å². The van der Waals surface area contributed by atoms with Gasteiger partial charge in [0.15, 0.2) is 0 Å². The van der Waals surface area contributed by atoms with Gasteiger partial charge in [-0.25, -0.2) is 0 Å². The molecule has 4 heteroatoms. The molecule has 10 heavy (non-hydrogen) atoms. The minimum absolute atomic E-state index is 0.264. The van der Waals surface area contributed by atoms with Gasteiger partial charge in [-0.3, -0.25) is 0 Å². The fraction of sp³-hybridized carbons (Fsp3) is 1.00. The molecule has 0 amide bonds. The number of alkyl halides is 1. The first-order valence-electron chi connectivity index (χ1n) is 3.76. The topological polar surface area (TPSA) is 23.5 Å². The Morgan fingerprint density at radius 2 is 2.00 bits per heavy atom. The number of rotatable bonds is 1. The Kier molecular flexibility index (Phi) is 3.20. The molecule has 0 aromatic rings. The summed E-state index contributed by atoms with van der Waals surface area (Å²) in [5, 5.41) is 9.17. The highest BCUT2D eigenvalue weighted by Gasteiger charge is 2.21. The maximum absolute atomic E-state index is 9.17. The third kappa shape index (κ3) is 2.25. The van der Waals surface area contributed by atoms with Gasteiger partial charge in [-0.1, -0.05) is 15.9 Å². The summed E-state index contributed by atoms with van der Waals surface area (Å²) in [6.07, 6.45) is 2.32. The Bertz CT molecular complexity index is 104. The van der Waals surface area contributed by atoms with E-state index >= 15 is 0 Å². The molecule has 1 heterocycles. The fourth-order valence-corrected chi connectivity index (χ4v) is 1.65. The van der Waals surface area contributed by atoms with Gasteiger partial charge in [0.2, 0.25) is 0 Å².